The van der Waals surface area contributed by atoms with E-state index in [1.54, 1.807) is 0 Å². The second-order valence-electron chi connectivity index (χ2n) is 20.5. The summed E-state index contributed by atoms with van der Waals surface area (Å²) in [6.45, 7) is 21.0. The van der Waals surface area contributed by atoms with E-state index in [1.807, 2.05) is 12.4 Å². The van der Waals surface area contributed by atoms with Crippen molar-refractivity contribution in [3.63, 3.8) is 0 Å². The Morgan fingerprint density at radius 1 is 0.559 bits per heavy atom. The highest BCUT2D eigenvalue weighted by molar-refractivity contribution is 7.00. The molecule has 2 aromatic heterocycles. The maximum Gasteiger partial charge on any atom is 0.252 e. The van der Waals surface area contributed by atoms with Crippen molar-refractivity contribution in [2.45, 2.75) is 84.5 Å². The van der Waals surface area contributed by atoms with E-state index in [0.29, 0.717) is 11.8 Å². The van der Waals surface area contributed by atoms with Gasteiger partial charge in [-0.15, -0.1) is 0 Å². The van der Waals surface area contributed by atoms with Crippen LogP contribution in [0.5, 0.6) is 0 Å². The van der Waals surface area contributed by atoms with Crippen LogP contribution in [0.4, 0.5) is 17.1 Å². The summed E-state index contributed by atoms with van der Waals surface area (Å²) >= 11 is 0. The number of benzene rings is 5. The lowest BCUT2D eigenvalue weighted by atomic mass is 9.32. The fourth-order valence-electron chi connectivity index (χ4n) is 10.5. The molecule has 2 aliphatic heterocycles. The minimum atomic E-state index is -0.0206. The van der Waals surface area contributed by atoms with Gasteiger partial charge >= 0.3 is 0 Å². The Morgan fingerprint density at radius 2 is 1.22 bits per heavy atom. The second-order valence-corrected chi connectivity index (χ2v) is 20.5. The number of hydrogen-bond acceptors (Lipinski definition) is 2. The van der Waals surface area contributed by atoms with Gasteiger partial charge in [0, 0.05) is 63.3 Å². The van der Waals surface area contributed by atoms with Crippen LogP contribution in [0.3, 0.4) is 0 Å². The summed E-state index contributed by atoms with van der Waals surface area (Å²) in [6, 6.07) is 35.8. The Bertz CT molecular complexity index is 2990. The molecule has 0 N–H and O–H groups in total. The van der Waals surface area contributed by atoms with Gasteiger partial charge in [0.15, 0.2) is 0 Å². The first-order chi connectivity index (χ1) is 28.2. The average Bonchev–Trinajstić information content (AvgIpc) is 3.54. The van der Waals surface area contributed by atoms with Crippen LogP contribution in [0, 0.1) is 5.92 Å². The van der Waals surface area contributed by atoms with Crippen LogP contribution in [0.1, 0.15) is 96.0 Å². The molecule has 0 amide bonds. The molecule has 0 spiro atoms. The van der Waals surface area contributed by atoms with E-state index in [9.17, 15) is 0 Å². The van der Waals surface area contributed by atoms with Gasteiger partial charge in [-0.1, -0.05) is 135 Å². The predicted molar refractivity (Wildman–Crippen MR) is 253 cm³/mol. The van der Waals surface area contributed by atoms with Gasteiger partial charge in [-0.3, -0.25) is 4.98 Å². The highest BCUT2D eigenvalue weighted by Gasteiger charge is 2.45. The molecule has 4 heterocycles. The van der Waals surface area contributed by atoms with Crippen LogP contribution in [-0.4, -0.2) is 16.3 Å². The Kier molecular flexibility index (Phi) is 7.57. The molecule has 0 saturated heterocycles. The zero-order chi connectivity index (χ0) is 40.7. The molecule has 4 aliphatic rings. The normalized spacial score (nSPS) is 17.6. The van der Waals surface area contributed by atoms with Crippen molar-refractivity contribution in [2.24, 2.45) is 5.92 Å². The van der Waals surface area contributed by atoms with Crippen LogP contribution >= 0.6 is 0 Å². The maximum absolute atomic E-state index is 4.44. The van der Waals surface area contributed by atoms with Gasteiger partial charge < -0.3 is 9.47 Å². The zero-order valence-electron chi connectivity index (χ0n) is 35.9. The molecule has 5 aromatic carbocycles. The third kappa shape index (κ3) is 5.38. The number of allylic oxidation sites excluding steroid dienone is 5. The van der Waals surface area contributed by atoms with E-state index in [1.165, 1.54) is 94.3 Å². The van der Waals surface area contributed by atoms with Crippen molar-refractivity contribution in [1.82, 2.24) is 9.55 Å². The van der Waals surface area contributed by atoms with Crippen molar-refractivity contribution in [3.05, 3.63) is 162 Å². The quantitative estimate of drug-likeness (QED) is 0.163. The fraction of sp³-hybridized carbons (Fsp3) is 0.255. The summed E-state index contributed by atoms with van der Waals surface area (Å²) in [5.74, 6) is 0.648. The summed E-state index contributed by atoms with van der Waals surface area (Å²) < 4.78 is 2.66. The number of anilines is 3. The molecule has 0 radical (unpaired) electrons. The fourth-order valence-corrected chi connectivity index (χ4v) is 10.5. The van der Waals surface area contributed by atoms with Gasteiger partial charge in [-0.2, -0.15) is 0 Å². The van der Waals surface area contributed by atoms with E-state index in [2.05, 4.69) is 204 Å². The summed E-state index contributed by atoms with van der Waals surface area (Å²) in [4.78, 5) is 7.01. The minimum absolute atomic E-state index is 0.00396. The number of nitrogens with zero attached hydrogens (tertiary/aromatic N) is 3. The highest BCUT2D eigenvalue weighted by atomic mass is 15.2. The van der Waals surface area contributed by atoms with E-state index in [0.717, 1.165) is 5.56 Å². The highest BCUT2D eigenvalue weighted by Crippen LogP contribution is 2.48. The predicted octanol–water partition coefficient (Wildman–Crippen LogP) is 12.2. The minimum Gasteiger partial charge on any atom is -0.311 e. The van der Waals surface area contributed by atoms with Crippen molar-refractivity contribution >= 4 is 68.0 Å². The number of pyridine rings is 1. The van der Waals surface area contributed by atoms with E-state index in [-0.39, 0.29) is 23.0 Å². The van der Waals surface area contributed by atoms with Gasteiger partial charge in [-0.25, -0.2) is 0 Å². The topological polar surface area (TPSA) is 21.1 Å². The summed E-state index contributed by atoms with van der Waals surface area (Å²) in [5, 5.41) is 2.67. The van der Waals surface area contributed by atoms with Gasteiger partial charge in [0.2, 0.25) is 0 Å². The molecule has 2 unspecified atom stereocenters. The Labute approximate surface area is 349 Å². The summed E-state index contributed by atoms with van der Waals surface area (Å²) in [6.07, 6.45) is 18.0. The molecule has 0 bridgehead atoms. The van der Waals surface area contributed by atoms with Crippen molar-refractivity contribution in [1.29, 1.82) is 0 Å². The van der Waals surface area contributed by atoms with Crippen molar-refractivity contribution in [2.75, 3.05) is 4.90 Å². The first-order valence-electron chi connectivity index (χ1n) is 21.5. The first-order valence-corrected chi connectivity index (χ1v) is 21.5. The van der Waals surface area contributed by atoms with Crippen LogP contribution in [0.25, 0.3) is 44.7 Å². The largest absolute Gasteiger partial charge is 0.311 e. The van der Waals surface area contributed by atoms with Gasteiger partial charge in [-0.05, 0) is 126 Å². The molecule has 2 atom stereocenters. The van der Waals surface area contributed by atoms with Crippen molar-refractivity contribution in [3.8, 4) is 16.8 Å². The lowest BCUT2D eigenvalue weighted by Crippen LogP contribution is -2.61. The molecule has 4 heteroatoms. The molecule has 7 aromatic rings. The number of fused-ring (bicyclic) bond motifs is 11. The molecular weight excluding hydrogens is 713 g/mol. The third-order valence-corrected chi connectivity index (χ3v) is 13.7. The van der Waals surface area contributed by atoms with Crippen LogP contribution in [0.2, 0.25) is 0 Å². The Morgan fingerprint density at radius 3 is 1.95 bits per heavy atom. The zero-order valence-corrected chi connectivity index (χ0v) is 35.9. The average molecular weight is 766 g/mol. The van der Waals surface area contributed by atoms with Crippen molar-refractivity contribution < 1.29 is 0 Å². The molecule has 2 aliphatic carbocycles. The van der Waals surface area contributed by atoms with Crippen LogP contribution in [-0.2, 0) is 16.2 Å². The molecular formula is C55H52BN3. The number of hydrogen-bond donors (Lipinski definition) is 0. The maximum atomic E-state index is 4.44. The standard InChI is InChI=1S/C55H52BN3/c1-53(2,3)36-15-19-39(20-16-36)58-46-23-18-37(54(4,5)6)30-45(46)56-50-42-21-14-34-12-10-11-13-40(34)43(42)32-44-41-22-17-38(55(7,8)9)31-47(41)59(52(44)50)49-29-35(28-48(58)51(49)56)33-24-26-57-27-25-33/h10-32,34,40H,1-9H3. The van der Waals surface area contributed by atoms with Gasteiger partial charge in [0.05, 0.1) is 5.52 Å². The smallest absolute Gasteiger partial charge is 0.252 e. The molecule has 3 nitrogen and oxygen atoms in total. The first kappa shape index (κ1) is 36.2. The molecule has 11 rings (SSSR count). The lowest BCUT2D eigenvalue weighted by molar-refractivity contribution is 0.590. The Balaban J connectivity index is 1.33. The Hall–Kier alpha value is -5.87. The second kappa shape index (κ2) is 12.3. The monoisotopic (exact) mass is 765 g/mol. The number of rotatable bonds is 2. The number of aromatic nitrogens is 2. The third-order valence-electron chi connectivity index (χ3n) is 13.7. The van der Waals surface area contributed by atoms with Crippen LogP contribution in [0.15, 0.2) is 134 Å². The van der Waals surface area contributed by atoms with Gasteiger partial charge in [0.25, 0.3) is 6.71 Å². The molecule has 0 fully saturated rings. The molecule has 290 valence electrons. The van der Waals surface area contributed by atoms with Gasteiger partial charge in [0.1, 0.15) is 0 Å². The lowest BCUT2D eigenvalue weighted by Gasteiger charge is -2.42. The summed E-state index contributed by atoms with van der Waals surface area (Å²) in [7, 11) is 0. The summed E-state index contributed by atoms with van der Waals surface area (Å²) in [5.41, 5.74) is 21.0. The van der Waals surface area contributed by atoms with E-state index in [4.69, 9.17) is 0 Å². The van der Waals surface area contributed by atoms with E-state index >= 15 is 0 Å². The van der Waals surface area contributed by atoms with Crippen LogP contribution < -0.4 is 21.3 Å². The molecule has 0 saturated carbocycles. The SMILES string of the molecule is CC(C)(C)c1ccc(N2c3ccc(C(C)(C)C)cc3B3c4c2cc(-c2ccncc2)cc4-n2c4cc(C(C)(C)C)ccc4c4cc5c(c3c42)C=CC2C=CC=CC52)cc1. The van der Waals surface area contributed by atoms with E-state index < -0.39 is 0 Å². The molecule has 59 heavy (non-hydrogen) atoms.